The molecule has 0 radical (unpaired) electrons. The highest BCUT2D eigenvalue weighted by Gasteiger charge is 1.76. The zero-order valence-corrected chi connectivity index (χ0v) is 6.44. The van der Waals surface area contributed by atoms with Gasteiger partial charge in [0.05, 0.1) is 0 Å². The molecule has 52 valence electrons. The summed E-state index contributed by atoms with van der Waals surface area (Å²) in [5.41, 5.74) is 1.31. The molecule has 9 heavy (non-hydrogen) atoms. The Bertz CT molecular complexity index is 112. The Labute approximate surface area is 57.5 Å². The molecule has 0 atom stereocenters. The van der Waals surface area contributed by atoms with Crippen LogP contribution in [0.4, 0.5) is 0 Å². The molecule has 0 unspecified atom stereocenters. The highest BCUT2D eigenvalue weighted by Crippen LogP contribution is 1.91. The average Bonchev–Trinajstić information content (AvgIpc) is 1.85. The average molecular weight is 125 g/mol. The first kappa shape index (κ1) is 8.44. The van der Waals surface area contributed by atoms with E-state index in [4.69, 9.17) is 0 Å². The van der Waals surface area contributed by atoms with Gasteiger partial charge in [-0.1, -0.05) is 23.8 Å². The van der Waals surface area contributed by atoms with Crippen LogP contribution < -0.4 is 5.32 Å². The summed E-state index contributed by atoms with van der Waals surface area (Å²) in [5.74, 6) is 0. The lowest BCUT2D eigenvalue weighted by atomic mass is 10.2. The van der Waals surface area contributed by atoms with E-state index < -0.39 is 0 Å². The maximum absolute atomic E-state index is 3.05. The van der Waals surface area contributed by atoms with Gasteiger partial charge >= 0.3 is 0 Å². The second-order valence-electron chi connectivity index (χ2n) is 2.01. The van der Waals surface area contributed by atoms with Crippen LogP contribution in [0.1, 0.15) is 13.8 Å². The quantitative estimate of drug-likeness (QED) is 0.566. The predicted molar refractivity (Wildman–Crippen MR) is 42.5 cm³/mol. The molecule has 0 saturated heterocycles. The van der Waals surface area contributed by atoms with Crippen molar-refractivity contribution in [3.8, 4) is 0 Å². The van der Waals surface area contributed by atoms with Crippen LogP contribution in [0.2, 0.25) is 0 Å². The minimum atomic E-state index is 0.955. The first-order valence-corrected chi connectivity index (χ1v) is 3.25. The smallest absolute Gasteiger partial charge is 0.0137 e. The molecule has 1 heteroatoms. The first-order chi connectivity index (χ1) is 4.31. The highest BCUT2D eigenvalue weighted by atomic mass is 14.8. The van der Waals surface area contributed by atoms with Gasteiger partial charge in [0.25, 0.3) is 0 Å². The highest BCUT2D eigenvalue weighted by molar-refractivity contribution is 5.15. The topological polar surface area (TPSA) is 12.0 Å². The van der Waals surface area contributed by atoms with Crippen LogP contribution in [0.15, 0.2) is 23.8 Å². The SMILES string of the molecule is C/C=C/C(C)=C/CNC. The van der Waals surface area contributed by atoms with Crippen LogP contribution in [0.25, 0.3) is 0 Å². The largest absolute Gasteiger partial charge is 0.316 e. The fraction of sp³-hybridized carbons (Fsp3) is 0.500. The Kier molecular flexibility index (Phi) is 5.23. The third-order valence-electron chi connectivity index (χ3n) is 1.06. The van der Waals surface area contributed by atoms with Gasteiger partial charge in [0, 0.05) is 6.54 Å². The zero-order chi connectivity index (χ0) is 7.11. The molecule has 0 aliphatic heterocycles. The van der Waals surface area contributed by atoms with Crippen LogP contribution in [0.5, 0.6) is 0 Å². The van der Waals surface area contributed by atoms with Gasteiger partial charge < -0.3 is 5.32 Å². The van der Waals surface area contributed by atoms with E-state index in [2.05, 4.69) is 24.4 Å². The van der Waals surface area contributed by atoms with Gasteiger partial charge in [-0.05, 0) is 20.9 Å². The van der Waals surface area contributed by atoms with E-state index in [1.807, 2.05) is 20.0 Å². The predicted octanol–water partition coefficient (Wildman–Crippen LogP) is 1.73. The van der Waals surface area contributed by atoms with Crippen molar-refractivity contribution in [1.29, 1.82) is 0 Å². The monoisotopic (exact) mass is 125 g/mol. The van der Waals surface area contributed by atoms with Crippen molar-refractivity contribution >= 4 is 0 Å². The third-order valence-corrected chi connectivity index (χ3v) is 1.06. The van der Waals surface area contributed by atoms with Gasteiger partial charge in [0.2, 0.25) is 0 Å². The molecule has 0 aliphatic rings. The Hall–Kier alpha value is -0.560. The maximum Gasteiger partial charge on any atom is 0.0137 e. The molecule has 0 heterocycles. The van der Waals surface area contributed by atoms with Gasteiger partial charge in [-0.3, -0.25) is 0 Å². The summed E-state index contributed by atoms with van der Waals surface area (Å²) in [6.07, 6.45) is 6.29. The lowest BCUT2D eigenvalue weighted by molar-refractivity contribution is 0.915. The summed E-state index contributed by atoms with van der Waals surface area (Å²) < 4.78 is 0. The number of hydrogen-bond donors (Lipinski definition) is 1. The molecule has 0 aromatic rings. The molecular weight excluding hydrogens is 110 g/mol. The van der Waals surface area contributed by atoms with Crippen LogP contribution in [-0.2, 0) is 0 Å². The summed E-state index contributed by atoms with van der Waals surface area (Å²) >= 11 is 0. The molecule has 0 rings (SSSR count). The van der Waals surface area contributed by atoms with Crippen molar-refractivity contribution in [3.63, 3.8) is 0 Å². The van der Waals surface area contributed by atoms with Crippen molar-refractivity contribution in [2.75, 3.05) is 13.6 Å². The van der Waals surface area contributed by atoms with E-state index in [-0.39, 0.29) is 0 Å². The molecule has 0 fully saturated rings. The number of rotatable bonds is 3. The van der Waals surface area contributed by atoms with Crippen LogP contribution >= 0.6 is 0 Å². The van der Waals surface area contributed by atoms with Crippen molar-refractivity contribution < 1.29 is 0 Å². The molecule has 1 N–H and O–H groups in total. The van der Waals surface area contributed by atoms with E-state index in [9.17, 15) is 0 Å². The van der Waals surface area contributed by atoms with Gasteiger partial charge in [0.15, 0.2) is 0 Å². The van der Waals surface area contributed by atoms with Gasteiger partial charge in [-0.2, -0.15) is 0 Å². The molecular formula is C8H15N. The number of likely N-dealkylation sites (N-methyl/N-ethyl adjacent to an activating group) is 1. The molecule has 0 aliphatic carbocycles. The molecule has 0 aromatic heterocycles. The number of allylic oxidation sites excluding steroid dienone is 3. The Morgan fingerprint density at radius 1 is 1.56 bits per heavy atom. The Morgan fingerprint density at radius 3 is 2.67 bits per heavy atom. The van der Waals surface area contributed by atoms with Crippen molar-refractivity contribution in [2.24, 2.45) is 0 Å². The van der Waals surface area contributed by atoms with Crippen molar-refractivity contribution in [3.05, 3.63) is 23.8 Å². The van der Waals surface area contributed by atoms with Gasteiger partial charge in [0.1, 0.15) is 0 Å². The molecule has 0 spiro atoms. The van der Waals surface area contributed by atoms with Crippen molar-refractivity contribution in [2.45, 2.75) is 13.8 Å². The Balaban J connectivity index is 3.55. The minimum absolute atomic E-state index is 0.955. The summed E-state index contributed by atoms with van der Waals surface area (Å²) in [5, 5.41) is 3.05. The van der Waals surface area contributed by atoms with E-state index in [0.717, 1.165) is 6.54 Å². The second-order valence-corrected chi connectivity index (χ2v) is 2.01. The van der Waals surface area contributed by atoms with Gasteiger partial charge in [-0.25, -0.2) is 0 Å². The minimum Gasteiger partial charge on any atom is -0.316 e. The maximum atomic E-state index is 3.05. The van der Waals surface area contributed by atoms with Crippen LogP contribution in [0.3, 0.4) is 0 Å². The lowest BCUT2D eigenvalue weighted by Gasteiger charge is -1.90. The van der Waals surface area contributed by atoms with Gasteiger partial charge in [-0.15, -0.1) is 0 Å². The molecule has 0 amide bonds. The standard InChI is InChI=1S/C8H15N/c1-4-5-8(2)6-7-9-3/h4-6,9H,7H2,1-3H3/b5-4+,8-6+. The first-order valence-electron chi connectivity index (χ1n) is 3.25. The summed E-state index contributed by atoms with van der Waals surface area (Å²) in [6.45, 7) is 5.07. The lowest BCUT2D eigenvalue weighted by Crippen LogP contribution is -2.04. The summed E-state index contributed by atoms with van der Waals surface area (Å²) in [7, 11) is 1.94. The van der Waals surface area contributed by atoms with Crippen molar-refractivity contribution in [1.82, 2.24) is 5.32 Å². The Morgan fingerprint density at radius 2 is 2.22 bits per heavy atom. The molecule has 1 nitrogen and oxygen atoms in total. The number of hydrogen-bond acceptors (Lipinski definition) is 1. The molecule has 0 bridgehead atoms. The van der Waals surface area contributed by atoms with E-state index in [0.29, 0.717) is 0 Å². The van der Waals surface area contributed by atoms with Crippen LogP contribution in [0, 0.1) is 0 Å². The number of nitrogens with one attached hydrogen (secondary N) is 1. The van der Waals surface area contributed by atoms with E-state index >= 15 is 0 Å². The summed E-state index contributed by atoms with van der Waals surface area (Å²) in [4.78, 5) is 0. The zero-order valence-electron chi connectivity index (χ0n) is 6.44. The normalized spacial score (nSPS) is 13.0. The fourth-order valence-corrected chi connectivity index (χ4v) is 0.594. The van der Waals surface area contributed by atoms with Crippen LogP contribution in [-0.4, -0.2) is 13.6 Å². The molecule has 0 saturated carbocycles. The van der Waals surface area contributed by atoms with E-state index in [1.54, 1.807) is 0 Å². The second kappa shape index (κ2) is 5.57. The van der Waals surface area contributed by atoms with E-state index in [1.165, 1.54) is 5.57 Å². The fourth-order valence-electron chi connectivity index (χ4n) is 0.594. The summed E-state index contributed by atoms with van der Waals surface area (Å²) in [6, 6.07) is 0. The molecule has 0 aromatic carbocycles. The third kappa shape index (κ3) is 5.31.